The van der Waals surface area contributed by atoms with Crippen LogP contribution in [0.3, 0.4) is 0 Å². The van der Waals surface area contributed by atoms with Crippen molar-refractivity contribution in [3.8, 4) is 33.4 Å². The molecule has 5 heteroatoms. The van der Waals surface area contributed by atoms with Gasteiger partial charge in [-0.2, -0.15) is 0 Å². The Hall–Kier alpha value is -7.50. The number of nitrogens with two attached hydrogens (primary N) is 1. The van der Waals surface area contributed by atoms with Crippen LogP contribution in [0.2, 0.25) is 0 Å². The molecule has 1 atom stereocenters. The molecule has 0 spiro atoms. The van der Waals surface area contributed by atoms with Crippen LogP contribution in [-0.4, -0.2) is 0 Å². The van der Waals surface area contributed by atoms with E-state index in [4.69, 9.17) is 14.6 Å². The topological polar surface area (TPSA) is 67.6 Å². The average molecular weight is 738 g/mol. The van der Waals surface area contributed by atoms with Crippen molar-refractivity contribution in [2.24, 2.45) is 5.73 Å². The number of anilines is 3. The molecule has 0 aliphatic carbocycles. The highest BCUT2D eigenvalue weighted by molar-refractivity contribution is 5.96. The van der Waals surface area contributed by atoms with Crippen LogP contribution in [0.4, 0.5) is 17.1 Å². The zero-order valence-corrected chi connectivity index (χ0v) is 31.4. The Morgan fingerprint density at radius 3 is 1.98 bits per heavy atom. The van der Waals surface area contributed by atoms with E-state index in [0.717, 1.165) is 89.5 Å². The van der Waals surface area contributed by atoms with Gasteiger partial charge in [-0.3, -0.25) is 0 Å². The molecule has 0 amide bonds. The molecule has 7 aromatic carbocycles. The van der Waals surface area contributed by atoms with Crippen LogP contribution in [0.5, 0.6) is 0 Å². The van der Waals surface area contributed by atoms with Crippen molar-refractivity contribution in [2.75, 3.05) is 4.90 Å². The number of aryl methyl sites for hydroxylation is 1. The highest BCUT2D eigenvalue weighted by Crippen LogP contribution is 2.41. The smallest absolute Gasteiger partial charge is 0.142 e. The first kappa shape index (κ1) is 34.0. The fraction of sp³-hybridized carbons (Fsp3) is 0.0385. The molecule has 0 fully saturated rings. The van der Waals surface area contributed by atoms with Gasteiger partial charge in [0.15, 0.2) is 0 Å². The van der Waals surface area contributed by atoms with Gasteiger partial charge >= 0.3 is 0 Å². The molecule has 1 aliphatic rings. The lowest BCUT2D eigenvalue weighted by Crippen LogP contribution is -2.20. The van der Waals surface area contributed by atoms with Crippen molar-refractivity contribution in [3.05, 3.63) is 210 Å². The Morgan fingerprint density at radius 1 is 0.579 bits per heavy atom. The van der Waals surface area contributed by atoms with Crippen molar-refractivity contribution >= 4 is 51.2 Å². The Bertz CT molecular complexity index is 2940. The van der Waals surface area contributed by atoms with E-state index >= 15 is 0 Å². The van der Waals surface area contributed by atoms with E-state index in [1.165, 1.54) is 17.3 Å². The Balaban J connectivity index is 1.03. The van der Waals surface area contributed by atoms with Crippen LogP contribution in [0.15, 0.2) is 191 Å². The number of hydrogen-bond acceptors (Lipinski definition) is 5. The monoisotopic (exact) mass is 737 g/mol. The molecule has 0 saturated heterocycles. The summed E-state index contributed by atoms with van der Waals surface area (Å²) in [4.78, 5) is 2.32. The van der Waals surface area contributed by atoms with Crippen LogP contribution in [0, 0.1) is 6.92 Å². The summed E-state index contributed by atoms with van der Waals surface area (Å²) in [6, 6.07) is 60.0. The second kappa shape index (κ2) is 14.3. The van der Waals surface area contributed by atoms with Crippen LogP contribution in [-0.2, 0) is 0 Å². The van der Waals surface area contributed by atoms with E-state index < -0.39 is 0 Å². The fourth-order valence-corrected chi connectivity index (χ4v) is 8.12. The van der Waals surface area contributed by atoms with Crippen molar-refractivity contribution in [2.45, 2.75) is 13.0 Å². The van der Waals surface area contributed by atoms with Gasteiger partial charge in [0.1, 0.15) is 28.7 Å². The summed E-state index contributed by atoms with van der Waals surface area (Å²) in [5.74, 6) is 1.70. The highest BCUT2D eigenvalue weighted by Gasteiger charge is 2.25. The molecule has 10 rings (SSSR count). The minimum Gasteiger partial charge on any atom is -0.458 e. The van der Waals surface area contributed by atoms with Gasteiger partial charge in [-0.15, -0.1) is 0 Å². The molecule has 0 saturated carbocycles. The van der Waals surface area contributed by atoms with Gasteiger partial charge in [0.2, 0.25) is 0 Å². The van der Waals surface area contributed by atoms with Crippen molar-refractivity contribution in [1.29, 1.82) is 0 Å². The van der Waals surface area contributed by atoms with Crippen molar-refractivity contribution < 1.29 is 8.83 Å². The molecule has 9 aromatic rings. The minimum atomic E-state index is -0.102. The molecule has 1 aliphatic heterocycles. The number of fused-ring (bicyclic) bond motifs is 4. The molecule has 5 nitrogen and oxygen atoms in total. The van der Waals surface area contributed by atoms with E-state index in [2.05, 4.69) is 175 Å². The first-order valence-electron chi connectivity index (χ1n) is 19.2. The zero-order valence-electron chi connectivity index (χ0n) is 31.4. The lowest BCUT2D eigenvalue weighted by atomic mass is 9.97. The standard InChI is InChI=1S/C52H39N3O2/c1-34-44-14-8-15-45(51(44)56-48(34)29-31-53)38-21-25-41(26-22-38)55(43-12-7-11-40(33-43)37-19-17-36(18-20-37)35-9-3-2-4-10-35)42-27-23-39(24-28-42)50-52-47(30-32-54-50)46-13-5-6-16-49(46)57-52/h2-33,50,54H,53H2,1H3/b31-29-. The summed E-state index contributed by atoms with van der Waals surface area (Å²) < 4.78 is 12.8. The molecule has 57 heavy (non-hydrogen) atoms. The SMILES string of the molecule is Cc1c(/C=C\N)oc2c(-c3ccc(N(c4ccc(C5NC=Cc6c5oc5ccccc65)cc4)c4cccc(-c5ccc(-c6ccccc6)cc5)c4)cc3)cccc12. The lowest BCUT2D eigenvalue weighted by molar-refractivity contribution is 0.495. The summed E-state index contributed by atoms with van der Waals surface area (Å²) in [5.41, 5.74) is 20.8. The maximum Gasteiger partial charge on any atom is 0.142 e. The molecule has 274 valence electrons. The van der Waals surface area contributed by atoms with Crippen LogP contribution in [0.25, 0.3) is 67.5 Å². The molecule has 3 heterocycles. The van der Waals surface area contributed by atoms with E-state index in [9.17, 15) is 0 Å². The normalized spacial score (nSPS) is 13.6. The molecular formula is C52H39N3O2. The third kappa shape index (κ3) is 6.16. The quantitative estimate of drug-likeness (QED) is 0.163. The third-order valence-corrected chi connectivity index (χ3v) is 11.0. The summed E-state index contributed by atoms with van der Waals surface area (Å²) >= 11 is 0. The first-order valence-corrected chi connectivity index (χ1v) is 19.2. The van der Waals surface area contributed by atoms with Crippen LogP contribution < -0.4 is 16.0 Å². The van der Waals surface area contributed by atoms with Crippen molar-refractivity contribution in [1.82, 2.24) is 5.32 Å². The van der Waals surface area contributed by atoms with Gasteiger partial charge in [0.25, 0.3) is 0 Å². The van der Waals surface area contributed by atoms with Gasteiger partial charge in [0, 0.05) is 44.5 Å². The fourth-order valence-electron chi connectivity index (χ4n) is 8.12. The summed E-state index contributed by atoms with van der Waals surface area (Å²) in [6.45, 7) is 2.07. The number of rotatable bonds is 8. The summed E-state index contributed by atoms with van der Waals surface area (Å²) in [6.07, 6.45) is 7.46. The predicted molar refractivity (Wildman–Crippen MR) is 235 cm³/mol. The van der Waals surface area contributed by atoms with E-state index in [0.29, 0.717) is 0 Å². The molecule has 2 aromatic heterocycles. The first-order chi connectivity index (χ1) is 28.1. The molecule has 1 unspecified atom stereocenters. The van der Waals surface area contributed by atoms with Crippen LogP contribution in [0.1, 0.15) is 34.3 Å². The van der Waals surface area contributed by atoms with Gasteiger partial charge in [-0.05, 0) is 107 Å². The van der Waals surface area contributed by atoms with Gasteiger partial charge in [0.05, 0.1) is 0 Å². The van der Waals surface area contributed by atoms with Gasteiger partial charge in [-0.1, -0.05) is 127 Å². The Morgan fingerprint density at radius 2 is 1.21 bits per heavy atom. The predicted octanol–water partition coefficient (Wildman–Crippen LogP) is 13.6. The second-order valence-corrected chi connectivity index (χ2v) is 14.4. The average Bonchev–Trinajstić information content (AvgIpc) is 3.82. The maximum atomic E-state index is 6.42. The lowest BCUT2D eigenvalue weighted by Gasteiger charge is -2.27. The summed E-state index contributed by atoms with van der Waals surface area (Å²) in [5, 5.41) is 5.75. The Kier molecular flexibility index (Phi) is 8.53. The Labute approximate surface area is 331 Å². The van der Waals surface area contributed by atoms with Crippen molar-refractivity contribution in [3.63, 3.8) is 0 Å². The van der Waals surface area contributed by atoms with E-state index in [1.807, 2.05) is 30.5 Å². The third-order valence-electron chi connectivity index (χ3n) is 11.0. The number of benzene rings is 7. The molecule has 3 N–H and O–H groups in total. The number of para-hydroxylation sites is 2. The number of hydrogen-bond donors (Lipinski definition) is 2. The number of furan rings is 2. The molecule has 0 bridgehead atoms. The summed E-state index contributed by atoms with van der Waals surface area (Å²) in [7, 11) is 0. The van der Waals surface area contributed by atoms with Gasteiger partial charge in [-0.25, -0.2) is 0 Å². The highest BCUT2D eigenvalue weighted by atomic mass is 16.3. The zero-order chi connectivity index (χ0) is 38.3. The number of nitrogens with zero attached hydrogens (tertiary/aromatic N) is 1. The van der Waals surface area contributed by atoms with E-state index in [-0.39, 0.29) is 6.04 Å². The van der Waals surface area contributed by atoms with Gasteiger partial charge < -0.3 is 24.8 Å². The van der Waals surface area contributed by atoms with E-state index in [1.54, 1.807) is 0 Å². The second-order valence-electron chi connectivity index (χ2n) is 14.4. The number of nitrogens with one attached hydrogen (secondary N) is 1. The largest absolute Gasteiger partial charge is 0.458 e. The molecule has 0 radical (unpaired) electrons. The molecular weight excluding hydrogens is 699 g/mol. The van der Waals surface area contributed by atoms with Crippen LogP contribution >= 0.6 is 0 Å². The maximum absolute atomic E-state index is 6.42. The minimum absolute atomic E-state index is 0.102.